The Bertz CT molecular complexity index is 393. The molecule has 0 amide bonds. The van der Waals surface area contributed by atoms with Gasteiger partial charge in [-0.05, 0) is 5.56 Å². The molecule has 0 saturated carbocycles. The van der Waals surface area contributed by atoms with Gasteiger partial charge < -0.3 is 0 Å². The van der Waals surface area contributed by atoms with Crippen molar-refractivity contribution in [3.63, 3.8) is 0 Å². The van der Waals surface area contributed by atoms with Crippen LogP contribution in [-0.4, -0.2) is 10.7 Å². The molecule has 0 radical (unpaired) electrons. The fraction of sp³-hybridized carbons (Fsp3) is 0.182. The van der Waals surface area contributed by atoms with Gasteiger partial charge in [-0.1, -0.05) is 31.2 Å². The van der Waals surface area contributed by atoms with Crippen LogP contribution in [0.4, 0.5) is 0 Å². The molecule has 0 bridgehead atoms. The number of carbonyl (C=O) groups is 1. The van der Waals surface area contributed by atoms with Gasteiger partial charge >= 0.3 is 0 Å². The molecule has 1 aromatic rings. The minimum Gasteiger partial charge on any atom is -0.294 e. The summed E-state index contributed by atoms with van der Waals surface area (Å²) in [5.74, 6) is 0.0693. The van der Waals surface area contributed by atoms with Gasteiger partial charge in [0.2, 0.25) is 6.20 Å². The Morgan fingerprint density at radius 2 is 2.00 bits per heavy atom. The van der Waals surface area contributed by atoms with E-state index in [0.717, 1.165) is 6.20 Å². The first-order valence-electron chi connectivity index (χ1n) is 4.58. The predicted molar refractivity (Wildman–Crippen MR) is 57.1 cm³/mol. The van der Waals surface area contributed by atoms with Crippen LogP contribution in [0.25, 0.3) is 6.08 Å². The van der Waals surface area contributed by atoms with E-state index in [1.807, 2.05) is 0 Å². The molecule has 0 N–H and O–H groups in total. The molecule has 0 aliphatic rings. The summed E-state index contributed by atoms with van der Waals surface area (Å²) in [6.45, 7) is 1.79. The quantitative estimate of drug-likeness (QED) is 0.431. The van der Waals surface area contributed by atoms with Gasteiger partial charge in [0.1, 0.15) is 0 Å². The van der Waals surface area contributed by atoms with Crippen molar-refractivity contribution < 1.29 is 9.72 Å². The molecule has 78 valence electrons. The Balaban J connectivity index is 2.81. The van der Waals surface area contributed by atoms with Crippen molar-refractivity contribution in [1.82, 2.24) is 0 Å². The number of hydrogen-bond donors (Lipinski definition) is 0. The van der Waals surface area contributed by atoms with E-state index in [-0.39, 0.29) is 5.78 Å². The highest BCUT2D eigenvalue weighted by Crippen LogP contribution is 2.08. The van der Waals surface area contributed by atoms with Crippen LogP contribution in [0.2, 0.25) is 0 Å². The summed E-state index contributed by atoms with van der Waals surface area (Å²) in [5.41, 5.74) is 1.34. The molecule has 4 nitrogen and oxygen atoms in total. The van der Waals surface area contributed by atoms with Gasteiger partial charge in [0.15, 0.2) is 5.78 Å². The zero-order chi connectivity index (χ0) is 11.3. The molecule has 0 spiro atoms. The maximum absolute atomic E-state index is 11.3. The summed E-state index contributed by atoms with van der Waals surface area (Å²) in [6, 6.07) is 6.71. The van der Waals surface area contributed by atoms with E-state index in [2.05, 4.69) is 0 Å². The molecule has 0 aliphatic heterocycles. The van der Waals surface area contributed by atoms with Crippen molar-refractivity contribution in [2.75, 3.05) is 0 Å². The fourth-order valence-corrected chi connectivity index (χ4v) is 1.13. The van der Waals surface area contributed by atoms with Gasteiger partial charge in [-0.3, -0.25) is 14.9 Å². The van der Waals surface area contributed by atoms with E-state index >= 15 is 0 Å². The van der Waals surface area contributed by atoms with Crippen LogP contribution in [0.1, 0.15) is 29.3 Å². The van der Waals surface area contributed by atoms with Crippen molar-refractivity contribution >= 4 is 11.9 Å². The number of nitro groups is 1. The van der Waals surface area contributed by atoms with Crippen LogP contribution < -0.4 is 0 Å². The fourth-order valence-electron chi connectivity index (χ4n) is 1.13. The highest BCUT2D eigenvalue weighted by atomic mass is 16.6. The zero-order valence-electron chi connectivity index (χ0n) is 8.34. The summed E-state index contributed by atoms with van der Waals surface area (Å²) in [7, 11) is 0. The molecule has 15 heavy (non-hydrogen) atoms. The van der Waals surface area contributed by atoms with E-state index in [4.69, 9.17) is 0 Å². The second-order valence-electron chi connectivity index (χ2n) is 3.00. The molecule has 0 saturated heterocycles. The molecule has 0 fully saturated rings. The number of nitrogens with zero attached hydrogens (tertiary/aromatic N) is 1. The molecular weight excluding hydrogens is 194 g/mol. The van der Waals surface area contributed by atoms with E-state index in [0.29, 0.717) is 17.5 Å². The predicted octanol–water partition coefficient (Wildman–Crippen LogP) is 2.53. The molecular formula is C11H11NO3. The lowest BCUT2D eigenvalue weighted by Crippen LogP contribution is -1.95. The monoisotopic (exact) mass is 205 g/mol. The minimum absolute atomic E-state index is 0.0693. The van der Waals surface area contributed by atoms with Crippen LogP contribution in [-0.2, 0) is 0 Å². The van der Waals surface area contributed by atoms with Crippen molar-refractivity contribution in [2.24, 2.45) is 0 Å². The Kier molecular flexibility index (Phi) is 3.74. The topological polar surface area (TPSA) is 60.2 Å². The summed E-state index contributed by atoms with van der Waals surface area (Å²) < 4.78 is 0. The third-order valence-electron chi connectivity index (χ3n) is 1.94. The van der Waals surface area contributed by atoms with Crippen LogP contribution in [0.5, 0.6) is 0 Å². The molecule has 0 heterocycles. The maximum atomic E-state index is 11.3. The summed E-state index contributed by atoms with van der Waals surface area (Å²) in [4.78, 5) is 20.8. The normalized spacial score (nSPS) is 10.5. The molecule has 1 rings (SSSR count). The van der Waals surface area contributed by atoms with Crippen molar-refractivity contribution in [3.05, 3.63) is 51.7 Å². The Labute approximate surface area is 87.4 Å². The largest absolute Gasteiger partial charge is 0.294 e. The van der Waals surface area contributed by atoms with Gasteiger partial charge in [-0.15, -0.1) is 0 Å². The van der Waals surface area contributed by atoms with Gasteiger partial charge in [0, 0.05) is 18.1 Å². The van der Waals surface area contributed by atoms with Crippen LogP contribution >= 0.6 is 0 Å². The van der Waals surface area contributed by atoms with E-state index in [1.54, 1.807) is 31.2 Å². The number of Topliss-reactive ketones (excluding diaryl/α,β-unsaturated/α-hetero) is 1. The highest BCUT2D eigenvalue weighted by molar-refractivity contribution is 5.95. The maximum Gasteiger partial charge on any atom is 0.235 e. The van der Waals surface area contributed by atoms with Crippen LogP contribution in [0.3, 0.4) is 0 Å². The molecule has 0 aromatic heterocycles. The lowest BCUT2D eigenvalue weighted by molar-refractivity contribution is -0.400. The number of carbonyl (C=O) groups excluding carboxylic acids is 1. The Morgan fingerprint density at radius 3 is 2.47 bits per heavy atom. The SMILES string of the molecule is CCC(=O)c1ccc(/C=C\[N+](=O)[O-])cc1. The lowest BCUT2D eigenvalue weighted by Gasteiger charge is -1.97. The van der Waals surface area contributed by atoms with Gasteiger partial charge in [0.25, 0.3) is 0 Å². The van der Waals surface area contributed by atoms with Crippen molar-refractivity contribution in [2.45, 2.75) is 13.3 Å². The summed E-state index contributed by atoms with van der Waals surface area (Å²) in [5, 5.41) is 10.1. The van der Waals surface area contributed by atoms with Crippen LogP contribution in [0, 0.1) is 10.1 Å². The average molecular weight is 205 g/mol. The van der Waals surface area contributed by atoms with Crippen LogP contribution in [0.15, 0.2) is 30.5 Å². The summed E-state index contributed by atoms with van der Waals surface area (Å²) >= 11 is 0. The second-order valence-corrected chi connectivity index (χ2v) is 3.00. The molecule has 0 atom stereocenters. The smallest absolute Gasteiger partial charge is 0.235 e. The number of benzene rings is 1. The highest BCUT2D eigenvalue weighted by Gasteiger charge is 2.01. The molecule has 0 unspecified atom stereocenters. The minimum atomic E-state index is -0.523. The number of hydrogen-bond acceptors (Lipinski definition) is 3. The van der Waals surface area contributed by atoms with E-state index in [9.17, 15) is 14.9 Å². The zero-order valence-corrected chi connectivity index (χ0v) is 8.34. The average Bonchev–Trinajstić information content (AvgIpc) is 2.26. The molecule has 4 heteroatoms. The van der Waals surface area contributed by atoms with Crippen molar-refractivity contribution in [3.8, 4) is 0 Å². The first kappa shape index (κ1) is 11.1. The molecule has 0 aliphatic carbocycles. The van der Waals surface area contributed by atoms with Gasteiger partial charge in [-0.2, -0.15) is 0 Å². The third-order valence-corrected chi connectivity index (χ3v) is 1.94. The third kappa shape index (κ3) is 3.34. The standard InChI is InChI=1S/C11H11NO3/c1-2-11(13)10-5-3-9(4-6-10)7-8-12(14)15/h3-8H,2H2,1H3/b8-7-. The van der Waals surface area contributed by atoms with E-state index in [1.165, 1.54) is 6.08 Å². The molecule has 1 aromatic carbocycles. The van der Waals surface area contributed by atoms with Crippen molar-refractivity contribution in [1.29, 1.82) is 0 Å². The number of rotatable bonds is 4. The second kappa shape index (κ2) is 5.05. The van der Waals surface area contributed by atoms with E-state index < -0.39 is 4.92 Å². The first-order chi connectivity index (χ1) is 7.13. The number of ketones is 1. The summed E-state index contributed by atoms with van der Waals surface area (Å²) in [6.07, 6.45) is 2.72. The Hall–Kier alpha value is -1.97. The van der Waals surface area contributed by atoms with Gasteiger partial charge in [-0.25, -0.2) is 0 Å². The van der Waals surface area contributed by atoms with Gasteiger partial charge in [0.05, 0.1) is 4.92 Å². The first-order valence-corrected chi connectivity index (χ1v) is 4.58. The Morgan fingerprint density at radius 1 is 1.40 bits per heavy atom. The lowest BCUT2D eigenvalue weighted by atomic mass is 10.1.